The molecule has 3 aromatic rings. The summed E-state index contributed by atoms with van der Waals surface area (Å²) < 4.78 is 27.9. The van der Waals surface area contributed by atoms with Crippen LogP contribution < -0.4 is 10.4 Å². The predicted molar refractivity (Wildman–Crippen MR) is 102 cm³/mol. The summed E-state index contributed by atoms with van der Waals surface area (Å²) >= 11 is 6.26. The Hall–Kier alpha value is -2.13. The molecule has 2 aromatic carbocycles. The lowest BCUT2D eigenvalue weighted by Crippen LogP contribution is -2.34. The fourth-order valence-corrected chi connectivity index (χ4v) is 4.09. The lowest BCUT2D eigenvalue weighted by Gasteiger charge is -2.26. The van der Waals surface area contributed by atoms with Crippen LogP contribution >= 0.6 is 11.6 Å². The van der Waals surface area contributed by atoms with E-state index in [4.69, 9.17) is 11.6 Å². The molecule has 0 amide bonds. The van der Waals surface area contributed by atoms with Crippen molar-refractivity contribution in [2.75, 3.05) is 20.6 Å². The van der Waals surface area contributed by atoms with Gasteiger partial charge in [-0.05, 0) is 43.9 Å². The molecule has 1 unspecified atom stereocenters. The highest BCUT2D eigenvalue weighted by atomic mass is 35.5. The van der Waals surface area contributed by atoms with Crippen LogP contribution in [0.25, 0.3) is 11.0 Å². The van der Waals surface area contributed by atoms with E-state index in [1.54, 1.807) is 12.1 Å². The zero-order chi connectivity index (χ0) is 18.9. The topological polar surface area (TPSA) is 98.1 Å². The maximum Gasteiger partial charge on any atom is 0.323 e. The number of nitrogens with zero attached hydrogens (tertiary/aromatic N) is 1. The van der Waals surface area contributed by atoms with Crippen LogP contribution in [0, 0.1) is 0 Å². The van der Waals surface area contributed by atoms with Crippen LogP contribution in [0.3, 0.4) is 0 Å². The lowest BCUT2D eigenvalue weighted by molar-refractivity contribution is 0.299. The number of aromatic amines is 2. The molecule has 3 rings (SSSR count). The van der Waals surface area contributed by atoms with Gasteiger partial charge < -0.3 is 14.9 Å². The highest BCUT2D eigenvalue weighted by molar-refractivity contribution is 7.89. The molecule has 1 heterocycles. The first-order chi connectivity index (χ1) is 12.3. The molecular formula is C17H19ClN4O3S. The molecule has 0 spiro atoms. The lowest BCUT2D eigenvalue weighted by atomic mass is 10.1. The van der Waals surface area contributed by atoms with Crippen LogP contribution in [0.5, 0.6) is 0 Å². The van der Waals surface area contributed by atoms with E-state index in [1.165, 1.54) is 12.1 Å². The van der Waals surface area contributed by atoms with Gasteiger partial charge in [0, 0.05) is 17.6 Å². The van der Waals surface area contributed by atoms with Crippen molar-refractivity contribution in [3.05, 3.63) is 63.5 Å². The number of sulfonamides is 1. The number of aromatic nitrogens is 2. The molecule has 9 heteroatoms. The second-order valence-electron chi connectivity index (χ2n) is 6.14. The average Bonchev–Trinajstić information content (AvgIpc) is 2.95. The first kappa shape index (κ1) is 18.7. The Kier molecular flexibility index (Phi) is 5.19. The van der Waals surface area contributed by atoms with E-state index in [0.717, 1.165) is 5.56 Å². The third-order valence-corrected chi connectivity index (χ3v) is 5.92. The Balaban J connectivity index is 1.85. The van der Waals surface area contributed by atoms with Crippen molar-refractivity contribution >= 4 is 32.7 Å². The largest absolute Gasteiger partial charge is 0.323 e. The maximum absolute atomic E-state index is 12.7. The van der Waals surface area contributed by atoms with Gasteiger partial charge in [0.05, 0.1) is 15.9 Å². The van der Waals surface area contributed by atoms with Crippen molar-refractivity contribution in [2.45, 2.75) is 10.9 Å². The van der Waals surface area contributed by atoms with Gasteiger partial charge in [-0.3, -0.25) is 0 Å². The minimum atomic E-state index is -3.75. The molecule has 0 saturated heterocycles. The Labute approximate surface area is 156 Å². The number of H-pyrrole nitrogens is 2. The van der Waals surface area contributed by atoms with Gasteiger partial charge in [0.2, 0.25) is 10.0 Å². The third kappa shape index (κ3) is 3.83. The van der Waals surface area contributed by atoms with Crippen molar-refractivity contribution in [1.29, 1.82) is 0 Å². The molecule has 0 saturated carbocycles. The van der Waals surface area contributed by atoms with Crippen molar-refractivity contribution in [3.8, 4) is 0 Å². The van der Waals surface area contributed by atoms with Crippen LogP contribution in [0.4, 0.5) is 0 Å². The van der Waals surface area contributed by atoms with E-state index in [9.17, 15) is 13.2 Å². The number of likely N-dealkylation sites (N-methyl/N-ethyl adjacent to an activating group) is 1. The molecule has 7 nitrogen and oxygen atoms in total. The second kappa shape index (κ2) is 7.24. The van der Waals surface area contributed by atoms with Gasteiger partial charge in [0.15, 0.2) is 0 Å². The van der Waals surface area contributed by atoms with Crippen molar-refractivity contribution in [1.82, 2.24) is 19.6 Å². The van der Waals surface area contributed by atoms with E-state index < -0.39 is 10.0 Å². The number of halogens is 1. The maximum atomic E-state index is 12.7. The van der Waals surface area contributed by atoms with Crippen LogP contribution in [0.15, 0.2) is 52.2 Å². The SMILES string of the molecule is CN(C)C(CNS(=O)(=O)c1ccc2[nH]c(=O)[nH]c2c1)c1ccccc1Cl. The zero-order valence-electron chi connectivity index (χ0n) is 14.3. The van der Waals surface area contributed by atoms with Gasteiger partial charge in [-0.1, -0.05) is 29.8 Å². The molecule has 138 valence electrons. The third-order valence-electron chi connectivity index (χ3n) is 4.15. The summed E-state index contributed by atoms with van der Waals surface area (Å²) in [6.07, 6.45) is 0. The molecule has 0 fully saturated rings. The number of hydrogen-bond donors (Lipinski definition) is 3. The van der Waals surface area contributed by atoms with Gasteiger partial charge in [-0.15, -0.1) is 0 Å². The first-order valence-electron chi connectivity index (χ1n) is 7.90. The minimum absolute atomic E-state index is 0.0805. The molecule has 0 bridgehead atoms. The standard InChI is InChI=1S/C17H19ClN4O3S/c1-22(2)16(12-5-3-4-6-13(12)18)10-19-26(24,25)11-7-8-14-15(9-11)21-17(23)20-14/h3-9,16,19H,10H2,1-2H3,(H2,20,21,23). The van der Waals surface area contributed by atoms with Crippen LogP contribution in [-0.2, 0) is 10.0 Å². The Bertz CT molecular complexity index is 1090. The summed E-state index contributed by atoms with van der Waals surface area (Å²) in [5.41, 5.74) is 1.45. The summed E-state index contributed by atoms with van der Waals surface area (Å²) in [5, 5.41) is 0.580. The van der Waals surface area contributed by atoms with E-state index >= 15 is 0 Å². The molecule has 1 aromatic heterocycles. The minimum Gasteiger partial charge on any atom is -0.306 e. The van der Waals surface area contributed by atoms with Crippen LogP contribution in [0.2, 0.25) is 5.02 Å². The van der Waals surface area contributed by atoms with E-state index in [-0.39, 0.29) is 23.2 Å². The molecular weight excluding hydrogens is 376 g/mol. The smallest absolute Gasteiger partial charge is 0.306 e. The molecule has 0 aliphatic heterocycles. The number of rotatable bonds is 6. The first-order valence-corrected chi connectivity index (χ1v) is 9.76. The van der Waals surface area contributed by atoms with Crippen molar-refractivity contribution in [2.24, 2.45) is 0 Å². The highest BCUT2D eigenvalue weighted by Gasteiger charge is 2.21. The van der Waals surface area contributed by atoms with Crippen molar-refractivity contribution in [3.63, 3.8) is 0 Å². The number of benzene rings is 2. The summed E-state index contributed by atoms with van der Waals surface area (Å²) in [5.74, 6) is 0. The number of fused-ring (bicyclic) bond motifs is 1. The molecule has 0 radical (unpaired) electrons. The number of imidazole rings is 1. The molecule has 1 atom stereocenters. The van der Waals surface area contributed by atoms with E-state index in [1.807, 2.05) is 37.2 Å². The van der Waals surface area contributed by atoms with Gasteiger partial charge in [-0.2, -0.15) is 0 Å². The Morgan fingerprint density at radius 3 is 2.50 bits per heavy atom. The summed E-state index contributed by atoms with van der Waals surface area (Å²) in [6, 6.07) is 11.5. The van der Waals surface area contributed by atoms with E-state index in [2.05, 4.69) is 14.7 Å². The molecule has 0 aliphatic carbocycles. The summed E-state index contributed by atoms with van der Waals surface area (Å²) in [6.45, 7) is 0.154. The number of hydrogen-bond acceptors (Lipinski definition) is 4. The van der Waals surface area contributed by atoms with E-state index in [0.29, 0.717) is 16.1 Å². The van der Waals surface area contributed by atoms with Gasteiger partial charge in [0.25, 0.3) is 0 Å². The van der Waals surface area contributed by atoms with Gasteiger partial charge >= 0.3 is 5.69 Å². The van der Waals surface area contributed by atoms with Crippen LogP contribution in [-0.4, -0.2) is 43.9 Å². The molecule has 26 heavy (non-hydrogen) atoms. The highest BCUT2D eigenvalue weighted by Crippen LogP contribution is 2.26. The van der Waals surface area contributed by atoms with Gasteiger partial charge in [-0.25, -0.2) is 17.9 Å². The monoisotopic (exact) mass is 394 g/mol. The fourth-order valence-electron chi connectivity index (χ4n) is 2.77. The zero-order valence-corrected chi connectivity index (χ0v) is 15.9. The van der Waals surface area contributed by atoms with Gasteiger partial charge in [0.1, 0.15) is 0 Å². The molecule has 3 N–H and O–H groups in total. The van der Waals surface area contributed by atoms with Crippen LogP contribution in [0.1, 0.15) is 11.6 Å². The Morgan fingerprint density at radius 1 is 1.12 bits per heavy atom. The number of nitrogens with one attached hydrogen (secondary N) is 3. The summed E-state index contributed by atoms with van der Waals surface area (Å²) in [4.78, 5) is 18.5. The Morgan fingerprint density at radius 2 is 1.81 bits per heavy atom. The van der Waals surface area contributed by atoms with Crippen molar-refractivity contribution < 1.29 is 8.42 Å². The predicted octanol–water partition coefficient (Wildman–Crippen LogP) is 2.09. The second-order valence-corrected chi connectivity index (χ2v) is 8.31. The molecule has 0 aliphatic rings. The normalized spacial score (nSPS) is 13.4. The summed E-state index contributed by atoms with van der Waals surface area (Å²) in [7, 11) is -0.0276. The average molecular weight is 395 g/mol. The fraction of sp³-hybridized carbons (Fsp3) is 0.235. The quantitative estimate of drug-likeness (QED) is 0.596.